The van der Waals surface area contributed by atoms with E-state index in [2.05, 4.69) is 10.2 Å². The number of aromatic nitrogens is 2. The lowest BCUT2D eigenvalue weighted by atomic mass is 10.0. The molecule has 0 radical (unpaired) electrons. The number of benzene rings is 2. The van der Waals surface area contributed by atoms with Gasteiger partial charge in [0.2, 0.25) is 0 Å². The van der Waals surface area contributed by atoms with E-state index in [0.29, 0.717) is 16.7 Å². The van der Waals surface area contributed by atoms with E-state index in [-0.39, 0.29) is 17.6 Å². The second-order valence-corrected chi connectivity index (χ2v) is 8.23. The Bertz CT molecular complexity index is 997. The first-order valence-corrected chi connectivity index (χ1v) is 10.0. The van der Waals surface area contributed by atoms with Crippen molar-refractivity contribution in [3.05, 3.63) is 70.1 Å². The van der Waals surface area contributed by atoms with Gasteiger partial charge in [0.15, 0.2) is 12.4 Å². The van der Waals surface area contributed by atoms with Gasteiger partial charge in [-0.15, -0.1) is 10.2 Å². The zero-order valence-electron chi connectivity index (χ0n) is 16.8. The molecule has 1 heterocycles. The lowest BCUT2D eigenvalue weighted by Gasteiger charge is -2.09. The second kappa shape index (κ2) is 8.61. The molecule has 0 fully saturated rings. The highest BCUT2D eigenvalue weighted by Gasteiger charge is 2.20. The first-order chi connectivity index (χ1) is 13.3. The molecule has 5 nitrogen and oxygen atoms in total. The maximum Gasteiger partial charge on any atom is 0.277 e. The largest absolute Gasteiger partial charge is 0.484 e. The van der Waals surface area contributed by atoms with Crippen LogP contribution < -0.4 is 4.74 Å². The van der Waals surface area contributed by atoms with Crippen LogP contribution in [0.5, 0.6) is 5.75 Å². The minimum Gasteiger partial charge on any atom is -0.484 e. The first kappa shape index (κ1) is 20.1. The minimum absolute atomic E-state index is 0.0412. The number of aryl methyl sites for hydroxylation is 4. The molecular weight excluding hydrogens is 372 g/mol. The van der Waals surface area contributed by atoms with Crippen LogP contribution in [0.2, 0.25) is 0 Å². The van der Waals surface area contributed by atoms with Gasteiger partial charge >= 0.3 is 0 Å². The van der Waals surface area contributed by atoms with E-state index in [4.69, 9.17) is 9.15 Å². The molecule has 3 rings (SSSR count). The Balaban J connectivity index is 1.61. The summed E-state index contributed by atoms with van der Waals surface area (Å²) >= 11 is 1.26. The Labute approximate surface area is 169 Å². The number of carbonyl (C=O) groups is 1. The maximum absolute atomic E-state index is 12.7. The Hall–Kier alpha value is -2.60. The number of hydrogen-bond acceptors (Lipinski definition) is 6. The van der Waals surface area contributed by atoms with E-state index in [1.165, 1.54) is 17.3 Å². The fourth-order valence-electron chi connectivity index (χ4n) is 2.68. The Morgan fingerprint density at radius 3 is 2.54 bits per heavy atom. The third-order valence-electron chi connectivity index (χ3n) is 4.58. The fraction of sp³-hybridized carbons (Fsp3) is 0.318. The number of nitrogens with zero attached hydrogens (tertiary/aromatic N) is 2. The van der Waals surface area contributed by atoms with Crippen molar-refractivity contribution in [2.24, 2.45) is 0 Å². The van der Waals surface area contributed by atoms with Crippen LogP contribution in [0.1, 0.15) is 45.4 Å². The van der Waals surface area contributed by atoms with Crippen LogP contribution in [0.25, 0.3) is 0 Å². The molecule has 0 aliphatic carbocycles. The predicted molar refractivity (Wildman–Crippen MR) is 110 cm³/mol. The van der Waals surface area contributed by atoms with Crippen LogP contribution in [-0.2, 0) is 6.61 Å². The van der Waals surface area contributed by atoms with Gasteiger partial charge in [-0.3, -0.25) is 4.79 Å². The molecule has 1 atom stereocenters. The van der Waals surface area contributed by atoms with Crippen LogP contribution in [0, 0.1) is 27.7 Å². The molecule has 2 aromatic carbocycles. The van der Waals surface area contributed by atoms with Crippen LogP contribution in [0.3, 0.4) is 0 Å². The molecule has 0 spiro atoms. The summed E-state index contributed by atoms with van der Waals surface area (Å²) < 4.78 is 11.4. The predicted octanol–water partition coefficient (Wildman–Crippen LogP) is 5.25. The zero-order valence-corrected chi connectivity index (χ0v) is 17.6. The van der Waals surface area contributed by atoms with Crippen molar-refractivity contribution >= 4 is 17.5 Å². The van der Waals surface area contributed by atoms with E-state index >= 15 is 0 Å². The summed E-state index contributed by atoms with van der Waals surface area (Å²) in [5.74, 6) is 1.22. The van der Waals surface area contributed by atoms with Crippen molar-refractivity contribution in [2.75, 3.05) is 0 Å². The summed E-state index contributed by atoms with van der Waals surface area (Å²) in [6, 6.07) is 11.8. The molecule has 146 valence electrons. The molecule has 0 bridgehead atoms. The number of Topliss-reactive ketones (excluding diaryl/α,β-unsaturated/α-hetero) is 1. The minimum atomic E-state index is -0.324. The lowest BCUT2D eigenvalue weighted by Crippen LogP contribution is -2.13. The van der Waals surface area contributed by atoms with Crippen molar-refractivity contribution in [3.63, 3.8) is 0 Å². The Morgan fingerprint density at radius 2 is 1.79 bits per heavy atom. The highest BCUT2D eigenvalue weighted by Crippen LogP contribution is 2.26. The average molecular weight is 397 g/mol. The summed E-state index contributed by atoms with van der Waals surface area (Å²) in [6.07, 6.45) is 0. The standard InChI is InChI=1S/C22H24N2O3S/c1-13-6-7-15(3)19(10-13)26-12-20-23-24-22(27-20)28-17(5)21(25)18-9-8-14(2)16(4)11-18/h6-11,17H,12H2,1-5H3. The number of ether oxygens (including phenoxy) is 1. The Kier molecular flexibility index (Phi) is 6.19. The number of hydrogen-bond donors (Lipinski definition) is 0. The van der Waals surface area contributed by atoms with E-state index in [1.807, 2.05) is 71.0 Å². The maximum atomic E-state index is 12.7. The number of carbonyl (C=O) groups excluding carboxylic acids is 1. The third-order valence-corrected chi connectivity index (χ3v) is 5.52. The molecule has 0 saturated carbocycles. The summed E-state index contributed by atoms with van der Waals surface area (Å²) in [6.45, 7) is 10.1. The quantitative estimate of drug-likeness (QED) is 0.402. The zero-order chi connectivity index (χ0) is 20.3. The third kappa shape index (κ3) is 4.81. The van der Waals surface area contributed by atoms with E-state index in [9.17, 15) is 4.79 Å². The van der Waals surface area contributed by atoms with Crippen LogP contribution in [0.4, 0.5) is 0 Å². The molecule has 0 aliphatic heterocycles. The van der Waals surface area contributed by atoms with Gasteiger partial charge in [0.25, 0.3) is 11.1 Å². The first-order valence-electron chi connectivity index (χ1n) is 9.14. The van der Waals surface area contributed by atoms with Crippen molar-refractivity contribution in [1.29, 1.82) is 0 Å². The molecule has 0 aliphatic rings. The van der Waals surface area contributed by atoms with Crippen molar-refractivity contribution in [2.45, 2.75) is 51.7 Å². The van der Waals surface area contributed by atoms with Crippen LogP contribution in [0.15, 0.2) is 46.0 Å². The molecule has 28 heavy (non-hydrogen) atoms. The molecule has 3 aromatic rings. The molecular formula is C22H24N2O3S. The summed E-state index contributed by atoms with van der Waals surface area (Å²) in [5, 5.41) is 8.09. The highest BCUT2D eigenvalue weighted by molar-refractivity contribution is 8.00. The fourth-order valence-corrected chi connectivity index (χ4v) is 3.46. The second-order valence-electron chi connectivity index (χ2n) is 6.94. The molecule has 1 unspecified atom stereocenters. The normalized spacial score (nSPS) is 12.0. The molecule has 6 heteroatoms. The summed E-state index contributed by atoms with van der Waals surface area (Å²) in [7, 11) is 0. The van der Waals surface area contributed by atoms with Crippen LogP contribution in [-0.4, -0.2) is 21.2 Å². The summed E-state index contributed by atoms with van der Waals surface area (Å²) in [5.41, 5.74) is 5.14. The van der Waals surface area contributed by atoms with Crippen molar-refractivity contribution in [3.8, 4) is 5.75 Å². The van der Waals surface area contributed by atoms with Gasteiger partial charge in [-0.05, 0) is 69.0 Å². The van der Waals surface area contributed by atoms with Gasteiger partial charge < -0.3 is 9.15 Å². The van der Waals surface area contributed by atoms with Gasteiger partial charge in [-0.1, -0.05) is 36.0 Å². The monoisotopic (exact) mass is 396 g/mol. The number of rotatable bonds is 7. The molecule has 0 N–H and O–H groups in total. The van der Waals surface area contributed by atoms with E-state index < -0.39 is 0 Å². The topological polar surface area (TPSA) is 65.2 Å². The van der Waals surface area contributed by atoms with Gasteiger partial charge in [-0.2, -0.15) is 0 Å². The van der Waals surface area contributed by atoms with Gasteiger partial charge in [-0.25, -0.2) is 0 Å². The van der Waals surface area contributed by atoms with Crippen molar-refractivity contribution < 1.29 is 13.9 Å². The van der Waals surface area contributed by atoms with Gasteiger partial charge in [0.05, 0.1) is 5.25 Å². The Morgan fingerprint density at radius 1 is 1.04 bits per heavy atom. The summed E-state index contributed by atoms with van der Waals surface area (Å²) in [4.78, 5) is 12.7. The number of thioether (sulfide) groups is 1. The smallest absolute Gasteiger partial charge is 0.277 e. The van der Waals surface area contributed by atoms with Crippen molar-refractivity contribution in [1.82, 2.24) is 10.2 Å². The number of ketones is 1. The van der Waals surface area contributed by atoms with E-state index in [1.54, 1.807) is 0 Å². The van der Waals surface area contributed by atoms with Crippen LogP contribution >= 0.6 is 11.8 Å². The molecule has 1 aromatic heterocycles. The average Bonchev–Trinajstić information content (AvgIpc) is 3.11. The molecule has 0 amide bonds. The molecule has 0 saturated heterocycles. The highest BCUT2D eigenvalue weighted by atomic mass is 32.2. The lowest BCUT2D eigenvalue weighted by molar-refractivity contribution is 0.0993. The van der Waals surface area contributed by atoms with Gasteiger partial charge in [0.1, 0.15) is 5.75 Å². The van der Waals surface area contributed by atoms with Gasteiger partial charge in [0, 0.05) is 5.56 Å². The SMILES string of the molecule is Cc1ccc(C)c(OCc2nnc(SC(C)C(=O)c3ccc(C)c(C)c3)o2)c1. The van der Waals surface area contributed by atoms with E-state index in [0.717, 1.165) is 22.4 Å².